The summed E-state index contributed by atoms with van der Waals surface area (Å²) in [4.78, 5) is 0. The Balaban J connectivity index is 2.53. The summed E-state index contributed by atoms with van der Waals surface area (Å²) in [6.07, 6.45) is 5.70. The summed E-state index contributed by atoms with van der Waals surface area (Å²) in [7, 11) is 0. The second-order valence-electron chi connectivity index (χ2n) is 6.08. The highest BCUT2D eigenvalue weighted by Gasteiger charge is 2.39. The number of nitrogens with two attached hydrogens (primary N) is 1. The van der Waals surface area contributed by atoms with Crippen molar-refractivity contribution in [2.75, 3.05) is 19.8 Å². The van der Waals surface area contributed by atoms with Crippen LogP contribution in [-0.4, -0.2) is 30.5 Å². The Morgan fingerprint density at radius 2 is 1.94 bits per heavy atom. The first kappa shape index (κ1) is 14.9. The van der Waals surface area contributed by atoms with Gasteiger partial charge in [0.2, 0.25) is 0 Å². The van der Waals surface area contributed by atoms with Crippen LogP contribution < -0.4 is 5.73 Å². The maximum Gasteiger partial charge on any atom is 0.0805 e. The van der Waals surface area contributed by atoms with Crippen molar-refractivity contribution in [1.82, 2.24) is 0 Å². The average molecular weight is 243 g/mol. The first-order valence-electron chi connectivity index (χ1n) is 6.94. The lowest BCUT2D eigenvalue weighted by molar-refractivity contribution is -0.0896. The molecule has 0 unspecified atom stereocenters. The summed E-state index contributed by atoms with van der Waals surface area (Å²) < 4.78 is 5.79. The van der Waals surface area contributed by atoms with E-state index < -0.39 is 0 Å². The number of aliphatic hydroxyl groups excluding tert-OH is 1. The summed E-state index contributed by atoms with van der Waals surface area (Å²) in [5.41, 5.74) is 6.12. The van der Waals surface area contributed by atoms with E-state index in [1.54, 1.807) is 0 Å². The molecule has 0 saturated heterocycles. The van der Waals surface area contributed by atoms with Crippen LogP contribution in [0.4, 0.5) is 0 Å². The summed E-state index contributed by atoms with van der Waals surface area (Å²) in [5, 5.41) is 8.86. The normalized spacial score (nSPS) is 30.5. The van der Waals surface area contributed by atoms with Crippen LogP contribution in [0.5, 0.6) is 0 Å². The van der Waals surface area contributed by atoms with Crippen molar-refractivity contribution >= 4 is 0 Å². The zero-order valence-corrected chi connectivity index (χ0v) is 11.7. The van der Waals surface area contributed by atoms with Gasteiger partial charge in [0.1, 0.15) is 0 Å². The van der Waals surface area contributed by atoms with Crippen molar-refractivity contribution in [3.05, 3.63) is 0 Å². The summed E-state index contributed by atoms with van der Waals surface area (Å²) >= 11 is 0. The smallest absolute Gasteiger partial charge is 0.0805 e. The van der Waals surface area contributed by atoms with Crippen LogP contribution >= 0.6 is 0 Å². The third kappa shape index (κ3) is 3.67. The first-order valence-corrected chi connectivity index (χ1v) is 6.94. The Labute approximate surface area is 106 Å². The third-order valence-electron chi connectivity index (χ3n) is 4.78. The number of rotatable bonds is 6. The van der Waals surface area contributed by atoms with Gasteiger partial charge < -0.3 is 15.6 Å². The van der Waals surface area contributed by atoms with Gasteiger partial charge in [-0.1, -0.05) is 27.2 Å². The van der Waals surface area contributed by atoms with E-state index in [1.807, 2.05) is 0 Å². The van der Waals surface area contributed by atoms with E-state index in [1.165, 1.54) is 19.3 Å². The highest BCUT2D eigenvalue weighted by molar-refractivity contribution is 4.92. The van der Waals surface area contributed by atoms with Gasteiger partial charge in [0.05, 0.1) is 18.8 Å². The lowest BCUT2D eigenvalue weighted by Crippen LogP contribution is -2.46. The van der Waals surface area contributed by atoms with E-state index in [0.717, 1.165) is 18.8 Å². The molecule has 1 aliphatic carbocycles. The van der Waals surface area contributed by atoms with Crippen molar-refractivity contribution in [1.29, 1.82) is 0 Å². The summed E-state index contributed by atoms with van der Waals surface area (Å²) in [6.45, 7) is 8.08. The van der Waals surface area contributed by atoms with Crippen LogP contribution in [0.1, 0.15) is 52.9 Å². The van der Waals surface area contributed by atoms with E-state index in [0.29, 0.717) is 18.6 Å². The molecular formula is C14H29NO2. The van der Waals surface area contributed by atoms with Crippen molar-refractivity contribution in [3.8, 4) is 0 Å². The van der Waals surface area contributed by atoms with Gasteiger partial charge in [0.25, 0.3) is 0 Å². The summed E-state index contributed by atoms with van der Waals surface area (Å²) in [5.74, 6) is 0.782. The van der Waals surface area contributed by atoms with E-state index in [9.17, 15) is 0 Å². The quantitative estimate of drug-likeness (QED) is 0.752. The average Bonchev–Trinajstić information content (AvgIpc) is 2.37. The second-order valence-corrected chi connectivity index (χ2v) is 6.08. The van der Waals surface area contributed by atoms with Crippen LogP contribution in [0.2, 0.25) is 0 Å². The van der Waals surface area contributed by atoms with Crippen LogP contribution in [0.25, 0.3) is 0 Å². The van der Waals surface area contributed by atoms with Crippen molar-refractivity contribution in [3.63, 3.8) is 0 Å². The van der Waals surface area contributed by atoms with E-state index in [-0.39, 0.29) is 12.2 Å². The topological polar surface area (TPSA) is 55.5 Å². The van der Waals surface area contributed by atoms with Crippen LogP contribution in [0.15, 0.2) is 0 Å². The number of aliphatic hydroxyl groups is 1. The fraction of sp³-hybridized carbons (Fsp3) is 1.00. The van der Waals surface area contributed by atoms with Crippen molar-refractivity contribution < 1.29 is 9.84 Å². The molecule has 0 aromatic rings. The molecule has 0 aromatic carbocycles. The largest absolute Gasteiger partial charge is 0.394 e. The first-order chi connectivity index (χ1) is 7.99. The Bertz CT molecular complexity index is 220. The molecule has 0 atom stereocenters. The molecule has 3 heteroatoms. The SMILES string of the molecule is CCC(C)(C)C1CCC(CN)(OCCO)CC1. The molecule has 1 saturated carbocycles. The van der Waals surface area contributed by atoms with Gasteiger partial charge in [-0.2, -0.15) is 0 Å². The minimum absolute atomic E-state index is 0.0889. The molecule has 0 aliphatic heterocycles. The Morgan fingerprint density at radius 3 is 2.35 bits per heavy atom. The predicted molar refractivity (Wildman–Crippen MR) is 70.9 cm³/mol. The molecule has 102 valence electrons. The van der Waals surface area contributed by atoms with Gasteiger partial charge in [0.15, 0.2) is 0 Å². The minimum Gasteiger partial charge on any atom is -0.394 e. The van der Waals surface area contributed by atoms with E-state index >= 15 is 0 Å². The van der Waals surface area contributed by atoms with Gasteiger partial charge in [-0.05, 0) is 37.0 Å². The zero-order valence-electron chi connectivity index (χ0n) is 11.7. The molecule has 17 heavy (non-hydrogen) atoms. The Hall–Kier alpha value is -0.120. The molecule has 0 heterocycles. The van der Waals surface area contributed by atoms with Gasteiger partial charge >= 0.3 is 0 Å². The zero-order chi connectivity index (χ0) is 12.9. The molecule has 1 rings (SSSR count). The van der Waals surface area contributed by atoms with Crippen molar-refractivity contribution in [2.24, 2.45) is 17.1 Å². The summed E-state index contributed by atoms with van der Waals surface area (Å²) in [6, 6.07) is 0. The number of hydrogen-bond acceptors (Lipinski definition) is 3. The number of hydrogen-bond donors (Lipinski definition) is 2. The van der Waals surface area contributed by atoms with Crippen LogP contribution in [0.3, 0.4) is 0 Å². The van der Waals surface area contributed by atoms with Crippen molar-refractivity contribution in [2.45, 2.75) is 58.5 Å². The molecule has 0 bridgehead atoms. The fourth-order valence-electron chi connectivity index (χ4n) is 2.88. The molecule has 1 aliphatic rings. The van der Waals surface area contributed by atoms with Gasteiger partial charge in [-0.3, -0.25) is 0 Å². The fourth-order valence-corrected chi connectivity index (χ4v) is 2.88. The lowest BCUT2D eigenvalue weighted by atomic mass is 9.66. The number of ether oxygens (including phenoxy) is 1. The Morgan fingerprint density at radius 1 is 1.35 bits per heavy atom. The molecular weight excluding hydrogens is 214 g/mol. The lowest BCUT2D eigenvalue weighted by Gasteiger charge is -2.44. The maximum absolute atomic E-state index is 8.86. The van der Waals surface area contributed by atoms with Gasteiger partial charge in [0, 0.05) is 6.54 Å². The maximum atomic E-state index is 8.86. The highest BCUT2D eigenvalue weighted by atomic mass is 16.5. The molecule has 3 N–H and O–H groups in total. The predicted octanol–water partition coefficient (Wildman–Crippen LogP) is 2.32. The van der Waals surface area contributed by atoms with Crippen LogP contribution in [-0.2, 0) is 4.74 Å². The highest BCUT2D eigenvalue weighted by Crippen LogP contribution is 2.44. The molecule has 0 radical (unpaired) electrons. The van der Waals surface area contributed by atoms with Gasteiger partial charge in [-0.15, -0.1) is 0 Å². The third-order valence-corrected chi connectivity index (χ3v) is 4.78. The molecule has 1 fully saturated rings. The molecule has 0 spiro atoms. The van der Waals surface area contributed by atoms with E-state index in [4.69, 9.17) is 15.6 Å². The molecule has 3 nitrogen and oxygen atoms in total. The van der Waals surface area contributed by atoms with E-state index in [2.05, 4.69) is 20.8 Å². The van der Waals surface area contributed by atoms with Crippen LogP contribution in [0, 0.1) is 11.3 Å². The Kier molecular flexibility index (Phi) is 5.42. The molecule has 0 amide bonds. The molecule has 0 aromatic heterocycles. The standard InChI is InChI=1S/C14H29NO2/c1-4-13(2,3)12-5-7-14(11-15,8-6-12)17-10-9-16/h12,16H,4-11,15H2,1-3H3. The second kappa shape index (κ2) is 6.17. The van der Waals surface area contributed by atoms with Gasteiger partial charge in [-0.25, -0.2) is 0 Å². The minimum atomic E-state index is -0.164. The monoisotopic (exact) mass is 243 g/mol.